The van der Waals surface area contributed by atoms with Gasteiger partial charge in [-0.2, -0.15) is 17.5 Å². The lowest BCUT2D eigenvalue weighted by atomic mass is 10.1. The van der Waals surface area contributed by atoms with Gasteiger partial charge in [-0.3, -0.25) is 0 Å². The summed E-state index contributed by atoms with van der Waals surface area (Å²) in [6.45, 7) is 1.40. The maximum absolute atomic E-state index is 12.9. The Hall–Kier alpha value is -0.830. The number of nitrogens with one attached hydrogen (secondary N) is 1. The van der Waals surface area contributed by atoms with E-state index in [1.54, 1.807) is 0 Å². The van der Waals surface area contributed by atoms with Gasteiger partial charge in [0.05, 0.1) is 10.5 Å². The normalized spacial score (nSPS) is 22.2. The lowest BCUT2D eigenvalue weighted by Crippen LogP contribution is -2.49. The SMILES string of the molecule is Cl.O=S(=O)(c1cccc(C(F)(F)F)c1)N(C1CC1)C1CCCNC1. The first kappa shape index (κ1) is 19.5. The van der Waals surface area contributed by atoms with E-state index in [4.69, 9.17) is 0 Å². The van der Waals surface area contributed by atoms with Crippen molar-refractivity contribution in [1.82, 2.24) is 9.62 Å². The van der Waals surface area contributed by atoms with E-state index in [-0.39, 0.29) is 29.4 Å². The number of alkyl halides is 3. The van der Waals surface area contributed by atoms with Crippen molar-refractivity contribution in [2.45, 2.75) is 48.8 Å². The Balaban J connectivity index is 0.00000208. The molecule has 1 saturated heterocycles. The fourth-order valence-electron chi connectivity index (χ4n) is 3.02. The van der Waals surface area contributed by atoms with Crippen molar-refractivity contribution in [2.75, 3.05) is 13.1 Å². The molecule has 3 rings (SSSR count). The molecule has 1 unspecified atom stereocenters. The van der Waals surface area contributed by atoms with Gasteiger partial charge in [-0.25, -0.2) is 8.42 Å². The van der Waals surface area contributed by atoms with Crippen LogP contribution in [-0.4, -0.2) is 37.9 Å². The van der Waals surface area contributed by atoms with Crippen molar-refractivity contribution >= 4 is 22.4 Å². The van der Waals surface area contributed by atoms with Gasteiger partial charge in [0.15, 0.2) is 0 Å². The van der Waals surface area contributed by atoms with Gasteiger partial charge in [0.1, 0.15) is 0 Å². The molecule has 1 saturated carbocycles. The first-order chi connectivity index (χ1) is 10.8. The minimum absolute atomic E-state index is 0. The van der Waals surface area contributed by atoms with Crippen LogP contribution in [0.25, 0.3) is 0 Å². The molecule has 0 radical (unpaired) electrons. The van der Waals surface area contributed by atoms with Crippen molar-refractivity contribution in [2.24, 2.45) is 0 Å². The standard InChI is InChI=1S/C15H19F3N2O2S.ClH/c16-15(17,18)11-3-1-5-14(9-11)23(21,22)20(12-6-7-12)13-4-2-8-19-10-13;/h1,3,5,9,12-13,19H,2,4,6-8,10H2;1H. The first-order valence-electron chi connectivity index (χ1n) is 7.71. The van der Waals surface area contributed by atoms with Crippen LogP contribution in [0.4, 0.5) is 13.2 Å². The third kappa shape index (κ3) is 4.04. The van der Waals surface area contributed by atoms with Gasteiger partial charge in [0.2, 0.25) is 10.0 Å². The van der Waals surface area contributed by atoms with Crippen LogP contribution in [0, 0.1) is 0 Å². The highest BCUT2D eigenvalue weighted by Gasteiger charge is 2.43. The Morgan fingerprint density at radius 2 is 1.83 bits per heavy atom. The van der Waals surface area contributed by atoms with Crippen LogP contribution in [-0.2, 0) is 16.2 Å². The van der Waals surface area contributed by atoms with Crippen LogP contribution in [0.5, 0.6) is 0 Å². The summed E-state index contributed by atoms with van der Waals surface area (Å²) < 4.78 is 65.9. The van der Waals surface area contributed by atoms with E-state index in [1.807, 2.05) is 0 Å². The monoisotopic (exact) mass is 384 g/mol. The van der Waals surface area contributed by atoms with Gasteiger partial charge in [-0.1, -0.05) is 6.07 Å². The molecule has 1 aliphatic heterocycles. The zero-order valence-corrected chi connectivity index (χ0v) is 14.6. The fraction of sp³-hybridized carbons (Fsp3) is 0.600. The van der Waals surface area contributed by atoms with Gasteiger partial charge >= 0.3 is 6.18 Å². The zero-order valence-electron chi connectivity index (χ0n) is 12.9. The molecule has 9 heteroatoms. The zero-order chi connectivity index (χ0) is 16.7. The van der Waals surface area contributed by atoms with Crippen molar-refractivity contribution in [3.05, 3.63) is 29.8 Å². The molecule has 136 valence electrons. The average molecular weight is 385 g/mol. The molecule has 24 heavy (non-hydrogen) atoms. The maximum Gasteiger partial charge on any atom is 0.416 e. The molecule has 4 nitrogen and oxygen atoms in total. The summed E-state index contributed by atoms with van der Waals surface area (Å²) >= 11 is 0. The van der Waals surface area contributed by atoms with Crippen molar-refractivity contribution in [3.8, 4) is 0 Å². The second kappa shape index (κ2) is 7.19. The number of nitrogens with zero attached hydrogens (tertiary/aromatic N) is 1. The lowest BCUT2D eigenvalue weighted by molar-refractivity contribution is -0.137. The van der Waals surface area contributed by atoms with Gasteiger partial charge in [-0.05, 0) is 50.4 Å². The summed E-state index contributed by atoms with van der Waals surface area (Å²) in [6, 6.07) is 3.76. The predicted molar refractivity (Wildman–Crippen MR) is 86.6 cm³/mol. The van der Waals surface area contributed by atoms with E-state index < -0.39 is 21.8 Å². The fourth-order valence-corrected chi connectivity index (χ4v) is 4.97. The van der Waals surface area contributed by atoms with E-state index >= 15 is 0 Å². The lowest BCUT2D eigenvalue weighted by Gasteiger charge is -2.34. The molecular weight excluding hydrogens is 365 g/mol. The molecule has 1 atom stereocenters. The molecule has 2 fully saturated rings. The summed E-state index contributed by atoms with van der Waals surface area (Å²) in [5.41, 5.74) is -0.934. The minimum Gasteiger partial charge on any atom is -0.315 e. The van der Waals surface area contributed by atoms with E-state index in [1.165, 1.54) is 10.4 Å². The highest BCUT2D eigenvalue weighted by Crippen LogP contribution is 2.37. The molecule has 1 aromatic carbocycles. The second-order valence-electron chi connectivity index (χ2n) is 6.09. The summed E-state index contributed by atoms with van der Waals surface area (Å²) in [5, 5.41) is 3.17. The highest BCUT2D eigenvalue weighted by molar-refractivity contribution is 7.89. The molecule has 0 spiro atoms. The number of rotatable bonds is 4. The number of sulfonamides is 1. The largest absolute Gasteiger partial charge is 0.416 e. The maximum atomic E-state index is 12.9. The summed E-state index contributed by atoms with van der Waals surface area (Å²) in [6.07, 6.45) is -1.40. The number of hydrogen-bond donors (Lipinski definition) is 1. The minimum atomic E-state index is -4.55. The number of piperidine rings is 1. The first-order valence-corrected chi connectivity index (χ1v) is 9.15. The van der Waals surface area contributed by atoms with Crippen LogP contribution in [0.15, 0.2) is 29.2 Å². The van der Waals surface area contributed by atoms with E-state index in [0.717, 1.165) is 50.4 Å². The third-order valence-corrected chi connectivity index (χ3v) is 6.28. The van der Waals surface area contributed by atoms with Gasteiger partial charge in [-0.15, -0.1) is 12.4 Å². The average Bonchev–Trinajstić information content (AvgIpc) is 3.32. The summed E-state index contributed by atoms with van der Waals surface area (Å²) in [7, 11) is -3.93. The van der Waals surface area contributed by atoms with Crippen molar-refractivity contribution < 1.29 is 21.6 Å². The molecule has 0 bridgehead atoms. The van der Waals surface area contributed by atoms with Gasteiger partial charge < -0.3 is 5.32 Å². The van der Waals surface area contributed by atoms with Crippen LogP contribution in [0.1, 0.15) is 31.2 Å². The van der Waals surface area contributed by atoms with Gasteiger partial charge in [0.25, 0.3) is 0 Å². The Kier molecular flexibility index (Phi) is 5.84. The number of halogens is 4. The Morgan fingerprint density at radius 3 is 2.38 bits per heavy atom. The molecule has 0 amide bonds. The molecule has 1 aliphatic carbocycles. The number of hydrogen-bond acceptors (Lipinski definition) is 3. The topological polar surface area (TPSA) is 49.4 Å². The van der Waals surface area contributed by atoms with Crippen molar-refractivity contribution in [1.29, 1.82) is 0 Å². The second-order valence-corrected chi connectivity index (χ2v) is 7.94. The van der Waals surface area contributed by atoms with E-state index in [2.05, 4.69) is 5.32 Å². The van der Waals surface area contributed by atoms with Crippen LogP contribution in [0.3, 0.4) is 0 Å². The summed E-state index contributed by atoms with van der Waals surface area (Å²) in [5.74, 6) is 0. The van der Waals surface area contributed by atoms with E-state index in [0.29, 0.717) is 6.54 Å². The third-order valence-electron chi connectivity index (χ3n) is 4.27. The molecule has 2 aliphatic rings. The molecular formula is C15H20ClF3N2O2S. The molecule has 1 aromatic rings. The predicted octanol–water partition coefficient (Wildman–Crippen LogP) is 3.03. The van der Waals surface area contributed by atoms with Gasteiger partial charge in [0, 0.05) is 18.6 Å². The molecule has 0 aromatic heterocycles. The van der Waals surface area contributed by atoms with Crippen LogP contribution >= 0.6 is 12.4 Å². The smallest absolute Gasteiger partial charge is 0.315 e. The van der Waals surface area contributed by atoms with Crippen LogP contribution in [0.2, 0.25) is 0 Å². The Morgan fingerprint density at radius 1 is 1.12 bits per heavy atom. The quantitative estimate of drug-likeness (QED) is 0.868. The summed E-state index contributed by atoms with van der Waals surface area (Å²) in [4.78, 5) is -0.273. The van der Waals surface area contributed by atoms with Crippen LogP contribution < -0.4 is 5.32 Å². The molecule has 1 N–H and O–H groups in total. The molecule has 1 heterocycles. The number of benzene rings is 1. The highest BCUT2D eigenvalue weighted by atomic mass is 35.5. The van der Waals surface area contributed by atoms with Crippen molar-refractivity contribution in [3.63, 3.8) is 0 Å². The Labute approximate surface area is 145 Å². The Bertz CT molecular complexity index is 672. The van der Waals surface area contributed by atoms with E-state index in [9.17, 15) is 21.6 Å².